The zero-order valence-corrected chi connectivity index (χ0v) is 61.1. The zero-order valence-electron chi connectivity index (χ0n) is 61.1. The Morgan fingerprint density at radius 2 is 0.413 bits per heavy atom. The summed E-state index contributed by atoms with van der Waals surface area (Å²) in [4.78, 5) is 62.6. The van der Waals surface area contributed by atoms with Gasteiger partial charge in [0.25, 0.3) is 0 Å². The van der Waals surface area contributed by atoms with Gasteiger partial charge in [-0.25, -0.2) is 9.97 Å². The first-order valence-corrected chi connectivity index (χ1v) is 38.9. The monoisotopic (exact) mass is 1410 g/mol. The third-order valence-corrected chi connectivity index (χ3v) is 19.5. The number of nitrogens with one attached hydrogen (secondary N) is 2. The molecular formula is C88H110N4O12. The van der Waals surface area contributed by atoms with E-state index in [1.165, 1.54) is 0 Å². The van der Waals surface area contributed by atoms with Gasteiger partial charge >= 0.3 is 23.9 Å². The molecule has 0 aliphatic carbocycles. The van der Waals surface area contributed by atoms with Crippen LogP contribution in [0.4, 0.5) is 0 Å². The fourth-order valence-electron chi connectivity index (χ4n) is 13.8. The normalized spacial score (nSPS) is 11.7. The third kappa shape index (κ3) is 26.7. The van der Waals surface area contributed by atoms with Crippen molar-refractivity contribution < 1.29 is 58.6 Å². The van der Waals surface area contributed by atoms with Gasteiger partial charge in [-0.1, -0.05) is 203 Å². The predicted octanol–water partition coefficient (Wildman–Crippen LogP) is 23.2. The number of aromatic amines is 2. The fourth-order valence-corrected chi connectivity index (χ4v) is 13.8. The highest BCUT2D eigenvalue weighted by atomic mass is 16.5. The van der Waals surface area contributed by atoms with Crippen LogP contribution in [0, 0.1) is 0 Å². The number of hydrogen-bond donors (Lipinski definition) is 6. The van der Waals surface area contributed by atoms with Crippen molar-refractivity contribution in [3.63, 3.8) is 0 Å². The average Bonchev–Trinajstić information content (AvgIpc) is 1.61. The van der Waals surface area contributed by atoms with Gasteiger partial charge in [-0.15, -0.1) is 0 Å². The van der Waals surface area contributed by atoms with E-state index in [2.05, 4.69) is 107 Å². The lowest BCUT2D eigenvalue weighted by molar-refractivity contribution is -0.138. The second kappa shape index (κ2) is 44.3. The number of aliphatic carboxylic acids is 4. The van der Waals surface area contributed by atoms with Crippen LogP contribution in [-0.4, -0.2) is 90.7 Å². The van der Waals surface area contributed by atoms with E-state index in [4.69, 9.17) is 49.3 Å². The predicted molar refractivity (Wildman–Crippen MR) is 419 cm³/mol. The van der Waals surface area contributed by atoms with E-state index in [1.807, 2.05) is 48.5 Å². The minimum atomic E-state index is -0.720. The summed E-state index contributed by atoms with van der Waals surface area (Å²) in [5, 5.41) is 35.9. The number of rotatable bonds is 52. The third-order valence-electron chi connectivity index (χ3n) is 19.5. The summed E-state index contributed by atoms with van der Waals surface area (Å²) in [6.45, 7) is 2.46. The molecule has 16 nitrogen and oxygen atoms in total. The number of H-pyrrole nitrogens is 2. The summed E-state index contributed by atoms with van der Waals surface area (Å²) in [7, 11) is 0. The van der Waals surface area contributed by atoms with Crippen molar-refractivity contribution in [2.45, 2.75) is 231 Å². The first-order chi connectivity index (χ1) is 50.9. The summed E-state index contributed by atoms with van der Waals surface area (Å²) in [6.07, 6.45) is 42.2. The largest absolute Gasteiger partial charge is 0.494 e. The van der Waals surface area contributed by atoms with Gasteiger partial charge in [0.2, 0.25) is 0 Å². The van der Waals surface area contributed by atoms with Gasteiger partial charge in [0.1, 0.15) is 23.0 Å². The number of fused-ring (bicyclic) bond motifs is 8. The Morgan fingerprint density at radius 3 is 0.596 bits per heavy atom. The summed E-state index contributed by atoms with van der Waals surface area (Å²) in [6, 6.07) is 41.9. The van der Waals surface area contributed by atoms with Crippen LogP contribution in [0.15, 0.2) is 121 Å². The number of nitrogens with zero attached hydrogens (tertiary/aromatic N) is 2. The molecule has 2 aliphatic heterocycles. The Bertz CT molecular complexity index is 3510. The molecule has 0 fully saturated rings. The van der Waals surface area contributed by atoms with Crippen molar-refractivity contribution in [3.8, 4) is 67.5 Å². The first kappa shape index (κ1) is 78.7. The summed E-state index contributed by atoms with van der Waals surface area (Å²) < 4.78 is 25.4. The maximum absolute atomic E-state index is 10.9. The summed E-state index contributed by atoms with van der Waals surface area (Å²) in [5.74, 6) is 0.309. The number of carbonyl (C=O) groups is 4. The van der Waals surface area contributed by atoms with Gasteiger partial charge in [0.05, 0.1) is 49.2 Å². The molecule has 7 aromatic rings. The Labute approximate surface area is 614 Å². The van der Waals surface area contributed by atoms with E-state index < -0.39 is 23.9 Å². The quantitative estimate of drug-likeness (QED) is 0.0194. The van der Waals surface area contributed by atoms with Crippen LogP contribution in [0.3, 0.4) is 0 Å². The van der Waals surface area contributed by atoms with Gasteiger partial charge in [0, 0.05) is 70.0 Å². The number of hydrogen-bond acceptors (Lipinski definition) is 10. The van der Waals surface area contributed by atoms with Crippen LogP contribution in [0.5, 0.6) is 23.0 Å². The van der Waals surface area contributed by atoms with Crippen molar-refractivity contribution >= 4 is 70.2 Å². The molecule has 0 amide bonds. The van der Waals surface area contributed by atoms with Gasteiger partial charge in [-0.2, -0.15) is 0 Å². The zero-order chi connectivity index (χ0) is 72.8. The van der Waals surface area contributed by atoms with E-state index in [0.717, 1.165) is 318 Å². The van der Waals surface area contributed by atoms with Crippen molar-refractivity contribution in [2.75, 3.05) is 26.4 Å². The minimum absolute atomic E-state index is 0.248. The van der Waals surface area contributed by atoms with E-state index in [9.17, 15) is 19.2 Å². The van der Waals surface area contributed by atoms with Crippen LogP contribution >= 0.6 is 0 Å². The topological polar surface area (TPSA) is 243 Å². The first-order valence-electron chi connectivity index (χ1n) is 38.9. The molecule has 0 unspecified atom stereocenters. The molecule has 0 atom stereocenters. The highest BCUT2D eigenvalue weighted by Gasteiger charge is 2.20. The van der Waals surface area contributed by atoms with E-state index in [0.29, 0.717) is 26.4 Å². The van der Waals surface area contributed by atoms with Crippen LogP contribution in [0.1, 0.15) is 254 Å². The Hall–Kier alpha value is -9.44. The lowest BCUT2D eigenvalue weighted by atomic mass is 10.0. The number of aromatic nitrogens is 4. The van der Waals surface area contributed by atoms with E-state index >= 15 is 0 Å². The number of benzene rings is 4. The molecule has 8 bridgehead atoms. The molecule has 6 N–H and O–H groups in total. The number of unbranched alkanes of at least 4 members (excludes halogenated alkanes) is 28. The van der Waals surface area contributed by atoms with Crippen molar-refractivity contribution in [2.24, 2.45) is 0 Å². The Kier molecular flexibility index (Phi) is 33.5. The second-order valence-electron chi connectivity index (χ2n) is 27.9. The molecule has 3 aromatic heterocycles. The molecule has 554 valence electrons. The fraction of sp³-hybridized carbons (Fsp3) is 0.455. The van der Waals surface area contributed by atoms with Gasteiger partial charge < -0.3 is 49.3 Å². The Balaban J connectivity index is 1.03. The molecule has 0 radical (unpaired) electrons. The van der Waals surface area contributed by atoms with Crippen molar-refractivity contribution in [1.82, 2.24) is 19.9 Å². The van der Waals surface area contributed by atoms with Crippen molar-refractivity contribution in [1.29, 1.82) is 0 Å². The van der Waals surface area contributed by atoms with Crippen LogP contribution in [0.2, 0.25) is 0 Å². The van der Waals surface area contributed by atoms with Gasteiger partial charge in [-0.3, -0.25) is 19.2 Å². The molecule has 4 aromatic carbocycles. The molecule has 0 spiro atoms. The molecule has 104 heavy (non-hydrogen) atoms. The van der Waals surface area contributed by atoms with Gasteiger partial charge in [-0.05, 0) is 171 Å². The molecule has 2 aliphatic rings. The number of carboxylic acid groups (broad SMARTS) is 4. The molecule has 5 heterocycles. The Morgan fingerprint density at radius 1 is 0.240 bits per heavy atom. The molecule has 16 heteroatoms. The molecule has 0 saturated heterocycles. The smallest absolute Gasteiger partial charge is 0.303 e. The lowest BCUT2D eigenvalue weighted by Gasteiger charge is -2.10. The van der Waals surface area contributed by atoms with E-state index in [-0.39, 0.29) is 25.7 Å². The summed E-state index contributed by atoms with van der Waals surface area (Å²) >= 11 is 0. The minimum Gasteiger partial charge on any atom is -0.494 e. The van der Waals surface area contributed by atoms with E-state index in [1.54, 1.807) is 0 Å². The van der Waals surface area contributed by atoms with Gasteiger partial charge in [0.15, 0.2) is 0 Å². The summed E-state index contributed by atoms with van der Waals surface area (Å²) in [5.41, 5.74) is 14.2. The maximum Gasteiger partial charge on any atom is 0.303 e. The standard InChI is InChI=1S/C88H110N4O12/c93-81(94)33-25-17-9-1-5-13-21-29-61-101-69-45-37-65(38-46-69)85-73-53-55-75(89-73)86(66-39-47-70(48-40-66)102-62-30-22-14-6-2-10-18-26-34-82(95)96)77-57-59-79(91-77)88(68-43-51-72(52-44-68)104-64-32-24-16-8-4-12-20-28-36-84(99)100)80-60-58-78(92-80)87(76-56-54-74(85)90-76)67-41-49-71(50-42-67)103-63-31-23-15-7-3-11-19-27-35-83(97)98/h37-60,89,92H,1-36,61-64H2,(H,93,94)(H,95,96)(H,97,98)(H,99,100). The molecular weight excluding hydrogens is 1300 g/mol. The molecule has 9 rings (SSSR count). The van der Waals surface area contributed by atoms with Crippen LogP contribution < -0.4 is 18.9 Å². The van der Waals surface area contributed by atoms with Crippen LogP contribution in [-0.2, 0) is 19.2 Å². The number of carboxylic acids is 4. The highest BCUT2D eigenvalue weighted by molar-refractivity contribution is 6.00. The lowest BCUT2D eigenvalue weighted by Crippen LogP contribution is -1.97. The van der Waals surface area contributed by atoms with Crippen LogP contribution in [0.25, 0.3) is 90.9 Å². The number of ether oxygens (including phenoxy) is 4. The highest BCUT2D eigenvalue weighted by Crippen LogP contribution is 2.40. The average molecular weight is 1420 g/mol. The maximum atomic E-state index is 10.9. The van der Waals surface area contributed by atoms with Crippen molar-refractivity contribution in [3.05, 3.63) is 144 Å². The second-order valence-corrected chi connectivity index (χ2v) is 27.9. The SMILES string of the molecule is O=C(O)CCCCCCCCCCOc1ccc(-c2c3nc(c(-c4ccc(OCCCCCCCCCCC(=O)O)cc4)c4ccc([nH]4)c(-c4ccc(OCCCCCCCCCCC(=O)O)cc4)c4nc(c(-c5ccc(OCCCCCCCCCCC(=O)O)cc5)c5ccc2[nH]5)C=C4)C=C3)cc1. The molecule has 0 saturated carbocycles.